The first-order valence-corrected chi connectivity index (χ1v) is 6.37. The minimum Gasteiger partial charge on any atom is -0.507 e. The number of carbonyl (C=O) groups is 1. The van der Waals surface area contributed by atoms with Gasteiger partial charge in [-0.3, -0.25) is 4.79 Å². The van der Waals surface area contributed by atoms with Crippen LogP contribution in [0.4, 0.5) is 5.69 Å². The average Bonchev–Trinajstić information content (AvgIpc) is 2.38. The zero-order chi connectivity index (χ0) is 14.7. The molecule has 20 heavy (non-hydrogen) atoms. The molecule has 0 aliphatic rings. The van der Waals surface area contributed by atoms with Gasteiger partial charge in [-0.05, 0) is 42.3 Å². The van der Waals surface area contributed by atoms with Gasteiger partial charge in [0, 0.05) is 19.3 Å². The Morgan fingerprint density at radius 2 is 2.00 bits per heavy atom. The van der Waals surface area contributed by atoms with E-state index in [1.165, 1.54) is 0 Å². The van der Waals surface area contributed by atoms with Crippen molar-refractivity contribution in [2.45, 2.75) is 13.5 Å². The molecule has 0 aliphatic carbocycles. The first-order chi connectivity index (χ1) is 9.47. The van der Waals surface area contributed by atoms with E-state index in [1.807, 2.05) is 25.1 Å². The second-order valence-electron chi connectivity index (χ2n) is 4.93. The molecule has 0 aromatic heterocycles. The first-order valence-electron chi connectivity index (χ1n) is 6.37. The summed E-state index contributed by atoms with van der Waals surface area (Å²) in [6.45, 7) is 2.31. The minimum atomic E-state index is -0.218. The van der Waals surface area contributed by atoms with Crippen LogP contribution in [0.25, 0.3) is 0 Å². The van der Waals surface area contributed by atoms with Crippen molar-refractivity contribution in [3.63, 3.8) is 0 Å². The highest BCUT2D eigenvalue weighted by atomic mass is 16.3. The lowest BCUT2D eigenvalue weighted by Crippen LogP contribution is -2.26. The molecule has 104 valence electrons. The predicted octanol–water partition coefficient (Wildman–Crippen LogP) is 2.56. The van der Waals surface area contributed by atoms with Gasteiger partial charge in [0.05, 0.1) is 5.56 Å². The Morgan fingerprint density at radius 3 is 2.65 bits per heavy atom. The maximum absolute atomic E-state index is 12.3. The van der Waals surface area contributed by atoms with Gasteiger partial charge in [0.25, 0.3) is 5.91 Å². The molecule has 2 aromatic rings. The molecule has 0 spiro atoms. The molecule has 1 amide bonds. The number of hydrogen-bond acceptors (Lipinski definition) is 3. The second kappa shape index (κ2) is 5.65. The molecule has 0 saturated heterocycles. The largest absolute Gasteiger partial charge is 0.507 e. The van der Waals surface area contributed by atoms with Crippen molar-refractivity contribution in [3.8, 4) is 5.75 Å². The fourth-order valence-corrected chi connectivity index (χ4v) is 2.07. The molecule has 0 saturated carbocycles. The molecule has 0 radical (unpaired) electrons. The summed E-state index contributed by atoms with van der Waals surface area (Å²) in [5.41, 5.74) is 8.56. The Morgan fingerprint density at radius 1 is 1.25 bits per heavy atom. The van der Waals surface area contributed by atoms with Gasteiger partial charge in [0.15, 0.2) is 0 Å². The highest BCUT2D eigenvalue weighted by Crippen LogP contribution is 2.20. The van der Waals surface area contributed by atoms with E-state index >= 15 is 0 Å². The topological polar surface area (TPSA) is 66.6 Å². The Balaban J connectivity index is 2.16. The van der Waals surface area contributed by atoms with Crippen LogP contribution in [0.2, 0.25) is 0 Å². The van der Waals surface area contributed by atoms with Gasteiger partial charge in [-0.2, -0.15) is 0 Å². The smallest absolute Gasteiger partial charge is 0.257 e. The predicted molar refractivity (Wildman–Crippen MR) is 79.5 cm³/mol. The minimum absolute atomic E-state index is 0.00873. The van der Waals surface area contributed by atoms with Crippen molar-refractivity contribution in [3.05, 3.63) is 59.2 Å². The number of hydrogen-bond donors (Lipinski definition) is 2. The summed E-state index contributed by atoms with van der Waals surface area (Å²) in [5.74, 6) is -0.209. The zero-order valence-electron chi connectivity index (χ0n) is 11.6. The molecule has 2 rings (SSSR count). The molecule has 4 heteroatoms. The van der Waals surface area contributed by atoms with Crippen LogP contribution in [0.15, 0.2) is 42.5 Å². The molecular weight excluding hydrogens is 252 g/mol. The monoisotopic (exact) mass is 270 g/mol. The number of rotatable bonds is 3. The number of nitrogen functional groups attached to an aromatic ring is 1. The summed E-state index contributed by atoms with van der Waals surface area (Å²) in [4.78, 5) is 13.9. The van der Waals surface area contributed by atoms with Crippen molar-refractivity contribution in [1.29, 1.82) is 0 Å². The molecule has 0 heterocycles. The number of nitrogens with zero attached hydrogens (tertiary/aromatic N) is 1. The van der Waals surface area contributed by atoms with Gasteiger partial charge in [-0.25, -0.2) is 0 Å². The second-order valence-corrected chi connectivity index (χ2v) is 4.93. The van der Waals surface area contributed by atoms with E-state index in [2.05, 4.69) is 0 Å². The number of carbonyl (C=O) groups excluding carboxylic acids is 1. The Hall–Kier alpha value is -2.49. The van der Waals surface area contributed by atoms with Crippen LogP contribution in [0.1, 0.15) is 21.5 Å². The van der Waals surface area contributed by atoms with Crippen LogP contribution in [0.5, 0.6) is 5.75 Å². The van der Waals surface area contributed by atoms with E-state index in [0.717, 1.165) is 11.1 Å². The first kappa shape index (κ1) is 13.9. The van der Waals surface area contributed by atoms with Crippen molar-refractivity contribution < 1.29 is 9.90 Å². The van der Waals surface area contributed by atoms with Gasteiger partial charge in [-0.15, -0.1) is 0 Å². The van der Waals surface area contributed by atoms with Gasteiger partial charge in [0.1, 0.15) is 5.75 Å². The number of nitrogens with two attached hydrogens (primary N) is 1. The normalized spacial score (nSPS) is 10.3. The summed E-state index contributed by atoms with van der Waals surface area (Å²) in [6.07, 6.45) is 0. The van der Waals surface area contributed by atoms with E-state index in [4.69, 9.17) is 5.73 Å². The summed E-state index contributed by atoms with van der Waals surface area (Å²) >= 11 is 0. The number of amides is 1. The Kier molecular flexibility index (Phi) is 3.94. The van der Waals surface area contributed by atoms with E-state index in [-0.39, 0.29) is 11.7 Å². The fraction of sp³-hybridized carbons (Fsp3) is 0.188. The van der Waals surface area contributed by atoms with Crippen LogP contribution < -0.4 is 5.73 Å². The standard InChI is InChI=1S/C16H18N2O2/c1-11-6-7-14(15(19)8-11)16(20)18(2)10-12-4-3-5-13(17)9-12/h3-9,19H,10,17H2,1-2H3. The number of aryl methyl sites for hydroxylation is 1. The molecule has 2 aromatic carbocycles. The number of aromatic hydroxyl groups is 1. The van der Waals surface area contributed by atoms with E-state index in [9.17, 15) is 9.90 Å². The lowest BCUT2D eigenvalue weighted by atomic mass is 10.1. The summed E-state index contributed by atoms with van der Waals surface area (Å²) in [5, 5.41) is 9.85. The quantitative estimate of drug-likeness (QED) is 0.842. The van der Waals surface area contributed by atoms with Crippen molar-refractivity contribution in [2.75, 3.05) is 12.8 Å². The fourth-order valence-electron chi connectivity index (χ4n) is 2.07. The molecule has 0 unspecified atom stereocenters. The number of anilines is 1. The number of phenols is 1. The lowest BCUT2D eigenvalue weighted by Gasteiger charge is -2.18. The lowest BCUT2D eigenvalue weighted by molar-refractivity contribution is 0.0782. The maximum Gasteiger partial charge on any atom is 0.257 e. The average molecular weight is 270 g/mol. The van der Waals surface area contributed by atoms with Crippen LogP contribution in [-0.2, 0) is 6.54 Å². The molecule has 4 nitrogen and oxygen atoms in total. The molecule has 3 N–H and O–H groups in total. The molecule has 0 bridgehead atoms. The third-order valence-corrected chi connectivity index (χ3v) is 3.10. The van der Waals surface area contributed by atoms with Crippen LogP contribution in [-0.4, -0.2) is 23.0 Å². The van der Waals surface area contributed by atoms with Crippen molar-refractivity contribution in [1.82, 2.24) is 4.90 Å². The van der Waals surface area contributed by atoms with Gasteiger partial charge >= 0.3 is 0 Å². The molecule has 0 atom stereocenters. The molecular formula is C16H18N2O2. The van der Waals surface area contributed by atoms with Crippen LogP contribution in [0.3, 0.4) is 0 Å². The Bertz CT molecular complexity index is 638. The van der Waals surface area contributed by atoms with Gasteiger partial charge in [-0.1, -0.05) is 18.2 Å². The number of phenolic OH excluding ortho intramolecular Hbond substituents is 1. The van der Waals surface area contributed by atoms with E-state index in [0.29, 0.717) is 17.8 Å². The third-order valence-electron chi connectivity index (χ3n) is 3.10. The maximum atomic E-state index is 12.3. The summed E-state index contributed by atoms with van der Waals surface area (Å²) < 4.78 is 0. The van der Waals surface area contributed by atoms with Gasteiger partial charge in [0.2, 0.25) is 0 Å². The zero-order valence-corrected chi connectivity index (χ0v) is 11.6. The van der Waals surface area contributed by atoms with E-state index < -0.39 is 0 Å². The van der Waals surface area contributed by atoms with Crippen LogP contribution in [0, 0.1) is 6.92 Å². The van der Waals surface area contributed by atoms with Crippen molar-refractivity contribution in [2.24, 2.45) is 0 Å². The Labute approximate surface area is 118 Å². The third kappa shape index (κ3) is 3.09. The summed E-state index contributed by atoms with van der Waals surface area (Å²) in [6, 6.07) is 12.4. The molecule has 0 fully saturated rings. The number of benzene rings is 2. The van der Waals surface area contributed by atoms with E-state index in [1.54, 1.807) is 36.2 Å². The SMILES string of the molecule is Cc1ccc(C(=O)N(C)Cc2cccc(N)c2)c(O)c1. The van der Waals surface area contributed by atoms with Crippen molar-refractivity contribution >= 4 is 11.6 Å². The highest BCUT2D eigenvalue weighted by molar-refractivity contribution is 5.96. The van der Waals surface area contributed by atoms with Gasteiger partial charge < -0.3 is 15.7 Å². The molecule has 0 aliphatic heterocycles. The summed E-state index contributed by atoms with van der Waals surface area (Å²) in [7, 11) is 1.70. The van der Waals surface area contributed by atoms with Crippen LogP contribution >= 0.6 is 0 Å². The highest BCUT2D eigenvalue weighted by Gasteiger charge is 2.15.